The number of carbonyl (C=O) groups excluding carboxylic acids is 1. The zero-order valence-electron chi connectivity index (χ0n) is 19.5. The van der Waals surface area contributed by atoms with Crippen LogP contribution in [-0.4, -0.2) is 51.6 Å². The van der Waals surface area contributed by atoms with E-state index in [1.54, 1.807) is 6.20 Å². The Hall–Kier alpha value is -3.19. The highest BCUT2D eigenvalue weighted by Crippen LogP contribution is 2.25. The Kier molecular flexibility index (Phi) is 7.73. The zero-order chi connectivity index (χ0) is 23.0. The molecule has 1 amide bonds. The van der Waals surface area contributed by atoms with Crippen LogP contribution in [0.15, 0.2) is 61.1 Å². The van der Waals surface area contributed by atoms with E-state index >= 15 is 0 Å². The quantitative estimate of drug-likeness (QED) is 0.546. The van der Waals surface area contributed by atoms with Crippen LogP contribution in [0.4, 0.5) is 0 Å². The number of pyridine rings is 1. The number of carbonyl (C=O) groups is 1. The smallest absolute Gasteiger partial charge is 0.224 e. The van der Waals surface area contributed by atoms with E-state index in [-0.39, 0.29) is 17.7 Å². The molecule has 0 spiro atoms. The lowest BCUT2D eigenvalue weighted by atomic mass is 9.88. The summed E-state index contributed by atoms with van der Waals surface area (Å²) < 4.78 is 8.07. The van der Waals surface area contributed by atoms with Gasteiger partial charge >= 0.3 is 0 Å². The van der Waals surface area contributed by atoms with Gasteiger partial charge in [-0.3, -0.25) is 14.7 Å². The Balaban J connectivity index is 1.36. The van der Waals surface area contributed by atoms with Gasteiger partial charge in [-0.1, -0.05) is 30.3 Å². The van der Waals surface area contributed by atoms with Crippen LogP contribution in [0.2, 0.25) is 0 Å². The van der Waals surface area contributed by atoms with Crippen molar-refractivity contribution < 1.29 is 9.53 Å². The lowest BCUT2D eigenvalue weighted by molar-refractivity contribution is -0.127. The largest absolute Gasteiger partial charge is 0.492 e. The highest BCUT2D eigenvalue weighted by atomic mass is 16.5. The van der Waals surface area contributed by atoms with Crippen molar-refractivity contribution in [3.05, 3.63) is 78.1 Å². The lowest BCUT2D eigenvalue weighted by Crippen LogP contribution is -2.47. The van der Waals surface area contributed by atoms with Crippen molar-refractivity contribution in [2.24, 2.45) is 18.9 Å². The van der Waals surface area contributed by atoms with Gasteiger partial charge in [-0.25, -0.2) is 4.98 Å². The molecule has 7 heteroatoms. The van der Waals surface area contributed by atoms with E-state index < -0.39 is 0 Å². The minimum atomic E-state index is -0.0699. The van der Waals surface area contributed by atoms with Gasteiger partial charge in [0, 0.05) is 50.7 Å². The van der Waals surface area contributed by atoms with Crippen molar-refractivity contribution >= 4 is 5.91 Å². The summed E-state index contributed by atoms with van der Waals surface area (Å²) in [5, 5.41) is 3.15. The van der Waals surface area contributed by atoms with Crippen molar-refractivity contribution in [2.45, 2.75) is 26.3 Å². The topological polar surface area (TPSA) is 72.3 Å². The molecule has 0 radical (unpaired) electrons. The van der Waals surface area contributed by atoms with Crippen LogP contribution in [0.1, 0.15) is 23.5 Å². The van der Waals surface area contributed by atoms with Crippen LogP contribution in [0, 0.1) is 18.8 Å². The molecule has 174 valence electrons. The first-order valence-corrected chi connectivity index (χ1v) is 11.6. The highest BCUT2D eigenvalue weighted by Gasteiger charge is 2.32. The Morgan fingerprint density at radius 3 is 2.73 bits per heavy atom. The summed E-state index contributed by atoms with van der Waals surface area (Å²) in [5.74, 6) is 2.08. The molecule has 0 unspecified atom stereocenters. The first-order valence-electron chi connectivity index (χ1n) is 11.6. The van der Waals surface area contributed by atoms with E-state index in [2.05, 4.69) is 32.3 Å². The number of nitrogens with zero attached hydrogens (tertiary/aromatic N) is 4. The van der Waals surface area contributed by atoms with Crippen LogP contribution in [-0.2, 0) is 24.8 Å². The van der Waals surface area contributed by atoms with E-state index in [0.717, 1.165) is 49.7 Å². The fourth-order valence-corrected chi connectivity index (χ4v) is 4.36. The number of piperidine rings is 1. The van der Waals surface area contributed by atoms with Gasteiger partial charge in [-0.15, -0.1) is 0 Å². The molecule has 7 nitrogen and oxygen atoms in total. The monoisotopic (exact) mass is 447 g/mol. The molecule has 2 atom stereocenters. The summed E-state index contributed by atoms with van der Waals surface area (Å²) in [7, 11) is 2.00. The molecule has 3 aromatic rings. The van der Waals surface area contributed by atoms with Gasteiger partial charge in [0.25, 0.3) is 0 Å². The summed E-state index contributed by atoms with van der Waals surface area (Å²) in [5.41, 5.74) is 2.20. The Morgan fingerprint density at radius 2 is 2.00 bits per heavy atom. The number of aromatic nitrogens is 3. The second-order valence-corrected chi connectivity index (χ2v) is 8.92. The molecule has 2 aromatic heterocycles. The van der Waals surface area contributed by atoms with Gasteiger partial charge in [-0.05, 0) is 37.5 Å². The third kappa shape index (κ3) is 6.65. The molecule has 1 N–H and O–H groups in total. The van der Waals surface area contributed by atoms with Crippen LogP contribution in [0.3, 0.4) is 0 Å². The first kappa shape index (κ1) is 23.0. The number of aryl methyl sites for hydroxylation is 2. The Morgan fingerprint density at radius 1 is 1.15 bits per heavy atom. The third-order valence-electron chi connectivity index (χ3n) is 6.20. The number of likely N-dealkylation sites (tertiary alicyclic amines) is 1. The van der Waals surface area contributed by atoms with E-state index in [1.165, 1.54) is 5.56 Å². The number of hydrogen-bond donors (Lipinski definition) is 1. The summed E-state index contributed by atoms with van der Waals surface area (Å²) in [6.45, 7) is 5.50. The van der Waals surface area contributed by atoms with Gasteiger partial charge in [0.2, 0.25) is 5.91 Å². The summed E-state index contributed by atoms with van der Waals surface area (Å²) in [6.07, 6.45) is 7.18. The standard InChI is InChI=1S/C26H33N5O2/c1-20-8-9-24(15-29-20)33-19-22-14-23(17-31(16-22)18-25-27-12-13-30(25)2)26(32)28-11-10-21-6-4-3-5-7-21/h3-9,12-13,15,22-23H,10-11,14,16-19H2,1-2H3,(H,28,32)/t22-,23+/m0/s1. The van der Waals surface area contributed by atoms with Crippen molar-refractivity contribution in [1.29, 1.82) is 0 Å². The number of amides is 1. The van der Waals surface area contributed by atoms with Gasteiger partial charge in [0.05, 0.1) is 25.3 Å². The molecular weight excluding hydrogens is 414 g/mol. The van der Waals surface area contributed by atoms with Crippen molar-refractivity contribution in [3.8, 4) is 5.75 Å². The molecule has 4 rings (SSSR count). The zero-order valence-corrected chi connectivity index (χ0v) is 19.5. The first-order chi connectivity index (χ1) is 16.1. The molecule has 33 heavy (non-hydrogen) atoms. The predicted octanol–water partition coefficient (Wildman–Crippen LogP) is 3.00. The molecule has 1 fully saturated rings. The second-order valence-electron chi connectivity index (χ2n) is 8.92. The van der Waals surface area contributed by atoms with Crippen LogP contribution >= 0.6 is 0 Å². The third-order valence-corrected chi connectivity index (χ3v) is 6.20. The van der Waals surface area contributed by atoms with Crippen molar-refractivity contribution in [3.63, 3.8) is 0 Å². The fraction of sp³-hybridized carbons (Fsp3) is 0.423. The van der Waals surface area contributed by atoms with E-state index in [0.29, 0.717) is 13.2 Å². The Labute approximate surface area is 195 Å². The van der Waals surface area contributed by atoms with E-state index in [1.807, 2.05) is 61.3 Å². The van der Waals surface area contributed by atoms with Gasteiger partial charge in [0.1, 0.15) is 11.6 Å². The number of hydrogen-bond acceptors (Lipinski definition) is 5. The maximum Gasteiger partial charge on any atom is 0.224 e. The fourth-order valence-electron chi connectivity index (χ4n) is 4.36. The molecule has 1 aliphatic heterocycles. The molecule has 0 aliphatic carbocycles. The van der Waals surface area contributed by atoms with Crippen LogP contribution in [0.5, 0.6) is 5.75 Å². The molecule has 1 aromatic carbocycles. The van der Waals surface area contributed by atoms with Gasteiger partial charge in [0.15, 0.2) is 0 Å². The summed E-state index contributed by atoms with van der Waals surface area (Å²) in [6, 6.07) is 14.2. The second kappa shape index (κ2) is 11.1. The van der Waals surface area contributed by atoms with Crippen LogP contribution < -0.4 is 10.1 Å². The predicted molar refractivity (Wildman–Crippen MR) is 128 cm³/mol. The van der Waals surface area contributed by atoms with Crippen molar-refractivity contribution in [2.75, 3.05) is 26.2 Å². The molecule has 1 aliphatic rings. The maximum absolute atomic E-state index is 13.1. The normalized spacial score (nSPS) is 18.7. The van der Waals surface area contributed by atoms with Gasteiger partial charge in [-0.2, -0.15) is 0 Å². The summed E-state index contributed by atoms with van der Waals surface area (Å²) in [4.78, 5) is 24.2. The number of nitrogens with one attached hydrogen (secondary N) is 1. The SMILES string of the molecule is Cc1ccc(OC[C@H]2C[C@@H](C(=O)NCCc3ccccc3)CN(Cc3nccn3C)C2)cn1. The van der Waals surface area contributed by atoms with Gasteiger partial charge < -0.3 is 14.6 Å². The van der Waals surface area contributed by atoms with Crippen molar-refractivity contribution in [1.82, 2.24) is 24.8 Å². The maximum atomic E-state index is 13.1. The number of ether oxygens (including phenoxy) is 1. The summed E-state index contributed by atoms with van der Waals surface area (Å²) >= 11 is 0. The molecular formula is C26H33N5O2. The average Bonchev–Trinajstić information content (AvgIpc) is 3.23. The lowest BCUT2D eigenvalue weighted by Gasteiger charge is -2.36. The molecule has 1 saturated heterocycles. The van der Waals surface area contributed by atoms with E-state index in [4.69, 9.17) is 4.74 Å². The average molecular weight is 448 g/mol. The van der Waals surface area contributed by atoms with E-state index in [9.17, 15) is 4.79 Å². The highest BCUT2D eigenvalue weighted by molar-refractivity contribution is 5.79. The minimum absolute atomic E-state index is 0.0699. The number of imidazole rings is 1. The Bertz CT molecular complexity index is 1020. The minimum Gasteiger partial charge on any atom is -0.492 e. The molecule has 0 saturated carbocycles. The number of benzene rings is 1. The van der Waals surface area contributed by atoms with Crippen LogP contribution in [0.25, 0.3) is 0 Å². The number of rotatable bonds is 9. The molecule has 3 heterocycles. The molecule has 0 bridgehead atoms.